The monoisotopic (exact) mass is 851 g/mol. The van der Waals surface area contributed by atoms with Gasteiger partial charge in [-0.05, 0) is 56.4 Å². The predicted octanol–water partition coefficient (Wildman–Crippen LogP) is 6.72. The summed E-state index contributed by atoms with van der Waals surface area (Å²) in [5.74, 6) is -2.75. The summed E-state index contributed by atoms with van der Waals surface area (Å²) in [6, 6.07) is 6.49. The van der Waals surface area contributed by atoms with E-state index in [4.69, 9.17) is 28.8 Å². The van der Waals surface area contributed by atoms with E-state index in [0.29, 0.717) is 58.0 Å². The van der Waals surface area contributed by atoms with Gasteiger partial charge in [-0.25, -0.2) is 4.79 Å². The van der Waals surface area contributed by atoms with E-state index in [0.717, 1.165) is 44.9 Å². The van der Waals surface area contributed by atoms with E-state index in [-0.39, 0.29) is 87.8 Å². The van der Waals surface area contributed by atoms with Crippen molar-refractivity contribution >= 4 is 35.3 Å². The van der Waals surface area contributed by atoms with Crippen LogP contribution in [0, 0.1) is 5.92 Å². The first kappa shape index (κ1) is 54.1. The van der Waals surface area contributed by atoms with Crippen molar-refractivity contribution in [2.45, 2.75) is 135 Å². The van der Waals surface area contributed by atoms with Gasteiger partial charge < -0.3 is 44.5 Å². The number of unbranched alkanes of at least 4 members (excludes halogenated alkanes) is 12. The fourth-order valence-electron chi connectivity index (χ4n) is 6.15. The number of carboxylic acid groups (broad SMARTS) is 2. The number of aliphatic carboxylic acids is 1. The highest BCUT2D eigenvalue weighted by Gasteiger charge is 2.22. The molecule has 0 spiro atoms. The van der Waals surface area contributed by atoms with E-state index in [2.05, 4.69) is 10.6 Å². The van der Waals surface area contributed by atoms with Crippen LogP contribution in [-0.2, 0) is 42.9 Å². The summed E-state index contributed by atoms with van der Waals surface area (Å²) in [7, 11) is 0. The van der Waals surface area contributed by atoms with Crippen molar-refractivity contribution in [3.05, 3.63) is 29.8 Å². The molecule has 0 aliphatic heterocycles. The van der Waals surface area contributed by atoms with Crippen molar-refractivity contribution in [1.29, 1.82) is 0 Å². The van der Waals surface area contributed by atoms with E-state index >= 15 is 0 Å². The number of ketones is 2. The molecule has 1 aromatic rings. The van der Waals surface area contributed by atoms with Crippen LogP contribution in [0.15, 0.2) is 24.3 Å². The third kappa shape index (κ3) is 32.9. The number of rotatable bonds is 43. The van der Waals surface area contributed by atoms with Crippen molar-refractivity contribution in [3.8, 4) is 5.75 Å². The normalized spacial score (nSPS) is 11.6. The second-order valence-corrected chi connectivity index (χ2v) is 15.0. The lowest BCUT2D eigenvalue weighted by atomic mass is 9.94. The molecule has 1 rings (SSSR count). The molecule has 0 heterocycles. The standard InChI is InChI=1S/C45H74N2O13/c1-2-25-46-43(51)36-59-33-30-56-27-16-18-40(49)35-58-32-31-57-29-26-47-42(50)24-21-38(45(54)55)34-39(48)17-14-12-10-8-6-4-3-5-7-9-11-13-15-28-60-41-22-19-37(20-23-41)44(52)53/h19-20,22-23,38H,2-18,21,24-36H2,1H3,(H,46,51)(H,47,50)(H,52,53)(H,54,55)/t38-/m1/s1. The quantitative estimate of drug-likeness (QED) is 0.0503. The van der Waals surface area contributed by atoms with E-state index in [1.807, 2.05) is 6.92 Å². The fourth-order valence-corrected chi connectivity index (χ4v) is 6.15. The number of amides is 2. The molecule has 0 aliphatic carbocycles. The van der Waals surface area contributed by atoms with Crippen LogP contribution >= 0.6 is 0 Å². The van der Waals surface area contributed by atoms with Gasteiger partial charge in [0, 0.05) is 45.4 Å². The van der Waals surface area contributed by atoms with Crippen molar-refractivity contribution in [2.75, 3.05) is 72.6 Å². The highest BCUT2D eigenvalue weighted by atomic mass is 16.5. The molecule has 15 nitrogen and oxygen atoms in total. The molecule has 1 atom stereocenters. The van der Waals surface area contributed by atoms with Crippen LogP contribution in [-0.4, -0.2) is 118 Å². The largest absolute Gasteiger partial charge is 0.494 e. The molecule has 342 valence electrons. The summed E-state index contributed by atoms with van der Waals surface area (Å²) >= 11 is 0. The summed E-state index contributed by atoms with van der Waals surface area (Å²) in [5.41, 5.74) is 0.256. The van der Waals surface area contributed by atoms with Crippen LogP contribution in [0.3, 0.4) is 0 Å². The molecule has 0 saturated carbocycles. The zero-order chi connectivity index (χ0) is 43.9. The number of Topliss-reactive ketones (excluding diaryl/α,β-unsaturated/α-hetero) is 2. The van der Waals surface area contributed by atoms with Gasteiger partial charge in [-0.15, -0.1) is 0 Å². The van der Waals surface area contributed by atoms with Gasteiger partial charge in [0.05, 0.1) is 51.1 Å². The van der Waals surface area contributed by atoms with Gasteiger partial charge in [0.1, 0.15) is 24.7 Å². The number of ether oxygens (including phenoxy) is 5. The zero-order valence-electron chi connectivity index (χ0n) is 36.2. The van der Waals surface area contributed by atoms with Crippen LogP contribution in [0.2, 0.25) is 0 Å². The molecule has 0 saturated heterocycles. The second kappa shape index (κ2) is 38.0. The Morgan fingerprint density at radius 1 is 0.533 bits per heavy atom. The van der Waals surface area contributed by atoms with E-state index in [1.165, 1.54) is 44.9 Å². The molecule has 2 amide bonds. The molecular weight excluding hydrogens is 776 g/mol. The number of nitrogens with one attached hydrogen (secondary N) is 2. The van der Waals surface area contributed by atoms with Gasteiger partial charge in [0.15, 0.2) is 5.78 Å². The van der Waals surface area contributed by atoms with Crippen LogP contribution < -0.4 is 15.4 Å². The molecule has 1 aromatic carbocycles. The number of hydrogen-bond donors (Lipinski definition) is 4. The number of aromatic carboxylic acids is 1. The Bertz CT molecular complexity index is 1310. The maximum Gasteiger partial charge on any atom is 0.335 e. The van der Waals surface area contributed by atoms with Crippen LogP contribution in [0.1, 0.15) is 146 Å². The molecule has 0 radical (unpaired) electrons. The molecule has 0 fully saturated rings. The van der Waals surface area contributed by atoms with E-state index in [9.17, 15) is 33.9 Å². The molecule has 0 unspecified atom stereocenters. The van der Waals surface area contributed by atoms with Crippen molar-refractivity contribution in [3.63, 3.8) is 0 Å². The first-order valence-corrected chi connectivity index (χ1v) is 22.2. The first-order valence-electron chi connectivity index (χ1n) is 22.2. The lowest BCUT2D eigenvalue weighted by molar-refractivity contribution is -0.144. The van der Waals surface area contributed by atoms with E-state index in [1.54, 1.807) is 24.3 Å². The molecule has 0 aliphatic rings. The second-order valence-electron chi connectivity index (χ2n) is 15.0. The number of benzene rings is 1. The van der Waals surface area contributed by atoms with Crippen molar-refractivity contribution in [1.82, 2.24) is 10.6 Å². The summed E-state index contributed by atoms with van der Waals surface area (Å²) < 4.78 is 27.1. The smallest absolute Gasteiger partial charge is 0.335 e. The Hall–Kier alpha value is -3.92. The summed E-state index contributed by atoms with van der Waals surface area (Å²) in [4.78, 5) is 70.7. The first-order chi connectivity index (χ1) is 29.1. The molecule has 60 heavy (non-hydrogen) atoms. The summed E-state index contributed by atoms with van der Waals surface area (Å²) in [6.45, 7) is 5.25. The van der Waals surface area contributed by atoms with Crippen molar-refractivity contribution < 1.29 is 62.7 Å². The predicted molar refractivity (Wildman–Crippen MR) is 227 cm³/mol. The third-order valence-corrected chi connectivity index (χ3v) is 9.64. The topological polar surface area (TPSA) is 213 Å². The average Bonchev–Trinajstić information content (AvgIpc) is 3.23. The number of carbonyl (C=O) groups excluding carboxylic acids is 4. The Morgan fingerprint density at radius 2 is 1.07 bits per heavy atom. The maximum absolute atomic E-state index is 12.5. The Labute approximate surface area is 357 Å². The highest BCUT2D eigenvalue weighted by Crippen LogP contribution is 2.17. The van der Waals surface area contributed by atoms with Crippen LogP contribution in [0.25, 0.3) is 0 Å². The number of carboxylic acids is 2. The van der Waals surface area contributed by atoms with Crippen LogP contribution in [0.5, 0.6) is 5.75 Å². The minimum absolute atomic E-state index is 0.00279. The van der Waals surface area contributed by atoms with Gasteiger partial charge in [-0.2, -0.15) is 0 Å². The molecule has 0 aromatic heterocycles. The van der Waals surface area contributed by atoms with Crippen LogP contribution in [0.4, 0.5) is 0 Å². The van der Waals surface area contributed by atoms with Gasteiger partial charge in [0.2, 0.25) is 11.8 Å². The summed E-state index contributed by atoms with van der Waals surface area (Å²) in [5, 5.41) is 24.0. The Kier molecular flexibility index (Phi) is 34.3. The van der Waals surface area contributed by atoms with Gasteiger partial charge in [0.25, 0.3) is 0 Å². The third-order valence-electron chi connectivity index (χ3n) is 9.64. The lowest BCUT2D eigenvalue weighted by Gasteiger charge is -2.12. The Morgan fingerprint density at radius 3 is 1.67 bits per heavy atom. The molecule has 4 N–H and O–H groups in total. The summed E-state index contributed by atoms with van der Waals surface area (Å²) in [6.07, 6.45) is 16.7. The number of carbonyl (C=O) groups is 6. The molecule has 0 bridgehead atoms. The van der Waals surface area contributed by atoms with Crippen molar-refractivity contribution in [2.24, 2.45) is 5.92 Å². The van der Waals surface area contributed by atoms with Gasteiger partial charge >= 0.3 is 11.9 Å². The minimum atomic E-state index is -1.06. The van der Waals surface area contributed by atoms with E-state index < -0.39 is 17.9 Å². The lowest BCUT2D eigenvalue weighted by Crippen LogP contribution is -2.29. The fraction of sp³-hybridized carbons (Fsp3) is 0.733. The van der Waals surface area contributed by atoms with Gasteiger partial charge in [-0.1, -0.05) is 77.6 Å². The Balaban J connectivity index is 1.90. The maximum atomic E-state index is 12.5. The van der Waals surface area contributed by atoms with Gasteiger partial charge in [-0.3, -0.25) is 24.0 Å². The molecular formula is C45H74N2O13. The number of hydrogen-bond acceptors (Lipinski definition) is 11. The average molecular weight is 851 g/mol. The SMILES string of the molecule is CCCNC(=O)COCCOCCCC(=O)COCCOCCNC(=O)CC[C@H](CC(=O)CCCCCCCCCCCCCCCOc1ccc(C(=O)O)cc1)C(=O)O. The zero-order valence-corrected chi connectivity index (χ0v) is 36.2. The highest BCUT2D eigenvalue weighted by molar-refractivity contribution is 5.87. The molecule has 15 heteroatoms. The minimum Gasteiger partial charge on any atom is -0.494 e.